The van der Waals surface area contributed by atoms with Gasteiger partial charge in [-0.25, -0.2) is 0 Å². The van der Waals surface area contributed by atoms with Gasteiger partial charge in [-0.05, 0) is 37.1 Å². The molecule has 0 saturated carbocycles. The highest BCUT2D eigenvalue weighted by Gasteiger charge is 2.06. The van der Waals surface area contributed by atoms with Crippen LogP contribution in [0.4, 0.5) is 0 Å². The van der Waals surface area contributed by atoms with Crippen molar-refractivity contribution < 1.29 is 4.74 Å². The number of nitrogens with two attached hydrogens (primary N) is 1. The Labute approximate surface area is 114 Å². The van der Waals surface area contributed by atoms with Crippen LogP contribution in [0.5, 0.6) is 5.75 Å². The molecule has 1 aromatic heterocycles. The van der Waals surface area contributed by atoms with E-state index in [2.05, 4.69) is 25.0 Å². The largest absolute Gasteiger partial charge is 0.487 e. The maximum Gasteiger partial charge on any atom is 0.130 e. The van der Waals surface area contributed by atoms with Gasteiger partial charge in [0.05, 0.1) is 11.4 Å². The van der Waals surface area contributed by atoms with Crippen molar-refractivity contribution >= 4 is 0 Å². The van der Waals surface area contributed by atoms with Crippen LogP contribution in [0.3, 0.4) is 0 Å². The minimum Gasteiger partial charge on any atom is -0.487 e. The van der Waals surface area contributed by atoms with Gasteiger partial charge in [0.25, 0.3) is 0 Å². The first-order chi connectivity index (χ1) is 9.26. The summed E-state index contributed by atoms with van der Waals surface area (Å²) in [5.41, 5.74) is 8.90. The summed E-state index contributed by atoms with van der Waals surface area (Å²) in [6.07, 6.45) is 0.950. The third kappa shape index (κ3) is 3.35. The quantitative estimate of drug-likeness (QED) is 0.867. The standard InChI is InChI=1S/C15H21N3O/c1-3-13-9-14(18(4-2)17-13)11-19-15-7-5-12(10-16)6-8-15/h5-9H,3-4,10-11,16H2,1-2H3. The molecule has 0 aliphatic carbocycles. The Morgan fingerprint density at radius 2 is 1.95 bits per heavy atom. The zero-order chi connectivity index (χ0) is 13.7. The van der Waals surface area contributed by atoms with Gasteiger partial charge in [0, 0.05) is 13.1 Å². The first kappa shape index (κ1) is 13.6. The van der Waals surface area contributed by atoms with Gasteiger partial charge in [-0.15, -0.1) is 0 Å². The van der Waals surface area contributed by atoms with Crippen molar-refractivity contribution in [2.75, 3.05) is 0 Å². The molecule has 0 aliphatic heterocycles. The number of ether oxygens (including phenoxy) is 1. The highest BCUT2D eigenvalue weighted by atomic mass is 16.5. The smallest absolute Gasteiger partial charge is 0.130 e. The van der Waals surface area contributed by atoms with Gasteiger partial charge < -0.3 is 10.5 Å². The fourth-order valence-electron chi connectivity index (χ4n) is 1.96. The number of rotatable bonds is 6. The zero-order valence-corrected chi connectivity index (χ0v) is 11.6. The summed E-state index contributed by atoms with van der Waals surface area (Å²) in [4.78, 5) is 0. The summed E-state index contributed by atoms with van der Waals surface area (Å²) < 4.78 is 7.78. The van der Waals surface area contributed by atoms with Gasteiger partial charge in [-0.3, -0.25) is 4.68 Å². The molecule has 1 heterocycles. The Kier molecular flexibility index (Phi) is 4.58. The second-order valence-corrected chi connectivity index (χ2v) is 4.43. The lowest BCUT2D eigenvalue weighted by Crippen LogP contribution is -2.06. The van der Waals surface area contributed by atoms with Crippen molar-refractivity contribution in [2.45, 2.75) is 40.0 Å². The average Bonchev–Trinajstić information content (AvgIpc) is 2.88. The number of aromatic nitrogens is 2. The minimum atomic E-state index is 0.544. The zero-order valence-electron chi connectivity index (χ0n) is 11.6. The van der Waals surface area contributed by atoms with Crippen LogP contribution >= 0.6 is 0 Å². The van der Waals surface area contributed by atoms with E-state index in [1.54, 1.807) is 0 Å². The molecule has 19 heavy (non-hydrogen) atoms. The molecule has 0 aliphatic rings. The van der Waals surface area contributed by atoms with Crippen molar-refractivity contribution in [1.29, 1.82) is 0 Å². The van der Waals surface area contributed by atoms with Crippen molar-refractivity contribution in [2.24, 2.45) is 5.73 Å². The molecule has 0 bridgehead atoms. The third-order valence-corrected chi connectivity index (χ3v) is 3.12. The van der Waals surface area contributed by atoms with Crippen molar-refractivity contribution in [1.82, 2.24) is 9.78 Å². The fraction of sp³-hybridized carbons (Fsp3) is 0.400. The number of hydrogen-bond donors (Lipinski definition) is 1. The molecule has 1 aromatic carbocycles. The van der Waals surface area contributed by atoms with Crippen LogP contribution in [0.1, 0.15) is 30.8 Å². The number of aryl methyl sites for hydroxylation is 2. The van der Waals surface area contributed by atoms with E-state index in [1.165, 1.54) is 0 Å². The van der Waals surface area contributed by atoms with Crippen LogP contribution in [0.15, 0.2) is 30.3 Å². The molecule has 2 N–H and O–H groups in total. The fourth-order valence-corrected chi connectivity index (χ4v) is 1.96. The summed E-state index contributed by atoms with van der Waals surface area (Å²) in [5.74, 6) is 0.860. The Morgan fingerprint density at radius 1 is 1.21 bits per heavy atom. The van der Waals surface area contributed by atoms with E-state index >= 15 is 0 Å². The predicted octanol–water partition coefficient (Wildman–Crippen LogP) is 2.50. The third-order valence-electron chi connectivity index (χ3n) is 3.12. The predicted molar refractivity (Wildman–Crippen MR) is 75.9 cm³/mol. The van der Waals surface area contributed by atoms with E-state index < -0.39 is 0 Å². The van der Waals surface area contributed by atoms with E-state index in [4.69, 9.17) is 10.5 Å². The molecule has 0 saturated heterocycles. The Morgan fingerprint density at radius 3 is 2.53 bits per heavy atom. The average molecular weight is 259 g/mol. The molecule has 2 rings (SSSR count). The molecule has 0 fully saturated rings. The lowest BCUT2D eigenvalue weighted by atomic mass is 10.2. The second-order valence-electron chi connectivity index (χ2n) is 4.43. The van der Waals surface area contributed by atoms with Gasteiger partial charge >= 0.3 is 0 Å². The van der Waals surface area contributed by atoms with E-state index in [0.29, 0.717) is 13.2 Å². The summed E-state index contributed by atoms with van der Waals surface area (Å²) in [6.45, 7) is 6.17. The first-order valence-electron chi connectivity index (χ1n) is 6.74. The molecule has 0 radical (unpaired) electrons. The van der Waals surface area contributed by atoms with Gasteiger partial charge in [0.15, 0.2) is 0 Å². The highest BCUT2D eigenvalue weighted by molar-refractivity contribution is 5.27. The lowest BCUT2D eigenvalue weighted by Gasteiger charge is -2.08. The van der Waals surface area contributed by atoms with Crippen LogP contribution in [-0.4, -0.2) is 9.78 Å². The van der Waals surface area contributed by atoms with Crippen LogP contribution in [0, 0.1) is 0 Å². The number of nitrogens with zero attached hydrogens (tertiary/aromatic N) is 2. The second kappa shape index (κ2) is 6.38. The SMILES string of the molecule is CCc1cc(COc2ccc(CN)cc2)n(CC)n1. The minimum absolute atomic E-state index is 0.544. The van der Waals surface area contributed by atoms with Crippen LogP contribution in [0.25, 0.3) is 0 Å². The van der Waals surface area contributed by atoms with E-state index in [-0.39, 0.29) is 0 Å². The molecular weight excluding hydrogens is 238 g/mol. The topological polar surface area (TPSA) is 53.1 Å². The first-order valence-corrected chi connectivity index (χ1v) is 6.74. The normalized spacial score (nSPS) is 10.7. The highest BCUT2D eigenvalue weighted by Crippen LogP contribution is 2.15. The van der Waals surface area contributed by atoms with Gasteiger partial charge in [0.1, 0.15) is 12.4 Å². The summed E-state index contributed by atoms with van der Waals surface area (Å²) in [6, 6.07) is 10.00. The Hall–Kier alpha value is -1.81. The van der Waals surface area contributed by atoms with Crippen LogP contribution in [-0.2, 0) is 26.1 Å². The van der Waals surface area contributed by atoms with Crippen molar-refractivity contribution in [3.63, 3.8) is 0 Å². The molecule has 2 aromatic rings. The van der Waals surface area contributed by atoms with Gasteiger partial charge in [0.2, 0.25) is 0 Å². The Balaban J connectivity index is 2.02. The maximum absolute atomic E-state index is 5.79. The molecule has 0 amide bonds. The monoisotopic (exact) mass is 259 g/mol. The number of hydrogen-bond acceptors (Lipinski definition) is 3. The van der Waals surface area contributed by atoms with E-state index in [1.807, 2.05) is 28.9 Å². The van der Waals surface area contributed by atoms with Crippen molar-refractivity contribution in [3.8, 4) is 5.75 Å². The summed E-state index contributed by atoms with van der Waals surface area (Å²) >= 11 is 0. The van der Waals surface area contributed by atoms with E-state index in [0.717, 1.165) is 35.7 Å². The molecular formula is C15H21N3O. The van der Waals surface area contributed by atoms with Crippen LogP contribution in [0.2, 0.25) is 0 Å². The maximum atomic E-state index is 5.79. The summed E-state index contributed by atoms with van der Waals surface area (Å²) in [5, 5.41) is 4.51. The van der Waals surface area contributed by atoms with Gasteiger partial charge in [-0.2, -0.15) is 5.10 Å². The molecule has 102 valence electrons. The van der Waals surface area contributed by atoms with Crippen molar-refractivity contribution in [3.05, 3.63) is 47.3 Å². The molecule has 0 unspecified atom stereocenters. The lowest BCUT2D eigenvalue weighted by molar-refractivity contribution is 0.292. The number of benzene rings is 1. The Bertz CT molecular complexity index is 517. The van der Waals surface area contributed by atoms with Crippen LogP contribution < -0.4 is 10.5 Å². The molecule has 4 heteroatoms. The van der Waals surface area contributed by atoms with Gasteiger partial charge in [-0.1, -0.05) is 19.1 Å². The molecule has 0 spiro atoms. The molecule has 4 nitrogen and oxygen atoms in total. The summed E-state index contributed by atoms with van der Waals surface area (Å²) in [7, 11) is 0. The van der Waals surface area contributed by atoms with E-state index in [9.17, 15) is 0 Å². The molecule has 0 atom stereocenters.